The average Bonchev–Trinajstić information content (AvgIpc) is 2.50. The quantitative estimate of drug-likeness (QED) is 0.350. The van der Waals surface area contributed by atoms with E-state index in [2.05, 4.69) is 109 Å². The monoisotopic (exact) mass is 466 g/mol. The molecular weight excluding hydrogens is 456 g/mol. The molecule has 0 aliphatic rings. The third kappa shape index (κ3) is 3.10. The van der Waals surface area contributed by atoms with Crippen molar-refractivity contribution in [2.24, 2.45) is 0 Å². The summed E-state index contributed by atoms with van der Waals surface area (Å²) in [5.74, 6) is 0. The number of hydrogen-bond acceptors (Lipinski definition) is 0. The van der Waals surface area contributed by atoms with Crippen molar-refractivity contribution in [1.29, 1.82) is 0 Å². The van der Waals surface area contributed by atoms with Crippen LogP contribution in [0.3, 0.4) is 0 Å². The van der Waals surface area contributed by atoms with Crippen LogP contribution in [-0.4, -0.2) is 0 Å². The summed E-state index contributed by atoms with van der Waals surface area (Å²) in [6.45, 7) is 2.10. The number of alkyl halides is 1. The zero-order chi connectivity index (χ0) is 15.0. The molecule has 0 fully saturated rings. The van der Waals surface area contributed by atoms with E-state index in [1.54, 1.807) is 0 Å². The summed E-state index contributed by atoms with van der Waals surface area (Å²) < 4.78 is 2.25. The van der Waals surface area contributed by atoms with Crippen molar-refractivity contribution in [3.63, 3.8) is 0 Å². The first-order chi connectivity index (χ1) is 10.1. The van der Waals surface area contributed by atoms with Gasteiger partial charge in [0.15, 0.2) is 0 Å². The molecule has 0 bridgehead atoms. The van der Waals surface area contributed by atoms with E-state index in [9.17, 15) is 0 Å². The molecule has 0 aliphatic carbocycles. The molecule has 3 aromatic rings. The summed E-state index contributed by atoms with van der Waals surface area (Å²) in [5.41, 5.74) is 3.71. The summed E-state index contributed by atoms with van der Waals surface area (Å²) in [7, 11) is 0. The van der Waals surface area contributed by atoms with E-state index in [4.69, 9.17) is 0 Å². The molecule has 0 aliphatic heterocycles. The maximum absolute atomic E-state index is 3.84. The van der Waals surface area contributed by atoms with E-state index in [-0.39, 0.29) is 4.83 Å². The van der Waals surface area contributed by atoms with Crippen molar-refractivity contribution in [1.82, 2.24) is 0 Å². The van der Waals surface area contributed by atoms with Gasteiger partial charge in [0.2, 0.25) is 0 Å². The molecule has 21 heavy (non-hydrogen) atoms. The Bertz CT molecular complexity index is 809. The zero-order valence-electron chi connectivity index (χ0n) is 11.4. The first-order valence-corrected chi connectivity index (χ1v) is 9.15. The Hall–Kier alpha value is -0.640. The lowest BCUT2D eigenvalue weighted by Crippen LogP contribution is -1.95. The van der Waals surface area contributed by atoms with Crippen LogP contribution in [0.25, 0.3) is 10.8 Å². The smallest absolute Gasteiger partial charge is 0.0656 e. The van der Waals surface area contributed by atoms with Crippen molar-refractivity contribution in [2.45, 2.75) is 11.8 Å². The predicted octanol–water partition coefficient (Wildman–Crippen LogP) is 7.16. The molecule has 0 saturated carbocycles. The van der Waals surface area contributed by atoms with E-state index in [0.29, 0.717) is 0 Å². The van der Waals surface area contributed by atoms with Crippen LogP contribution in [0.1, 0.15) is 21.5 Å². The lowest BCUT2D eigenvalue weighted by atomic mass is 10.0. The van der Waals surface area contributed by atoms with Crippen LogP contribution in [0.2, 0.25) is 0 Å². The topological polar surface area (TPSA) is 0 Å². The highest BCUT2D eigenvalue weighted by molar-refractivity contribution is 9.11. The van der Waals surface area contributed by atoms with Gasteiger partial charge in [0, 0.05) is 8.95 Å². The first kappa shape index (κ1) is 15.3. The molecule has 0 spiro atoms. The maximum atomic E-state index is 3.84. The van der Waals surface area contributed by atoms with Gasteiger partial charge in [-0.2, -0.15) is 0 Å². The van der Waals surface area contributed by atoms with E-state index >= 15 is 0 Å². The van der Waals surface area contributed by atoms with Crippen molar-refractivity contribution in [2.75, 3.05) is 0 Å². The molecule has 3 aromatic carbocycles. The summed E-state index contributed by atoms with van der Waals surface area (Å²) in [5, 5.41) is 2.53. The predicted molar refractivity (Wildman–Crippen MR) is 101 cm³/mol. The second-order valence-corrected chi connectivity index (χ2v) is 7.72. The Morgan fingerprint density at radius 2 is 1.52 bits per heavy atom. The summed E-state index contributed by atoms with van der Waals surface area (Å²) >= 11 is 11.1. The lowest BCUT2D eigenvalue weighted by Gasteiger charge is -2.15. The highest BCUT2D eigenvalue weighted by Crippen LogP contribution is 2.38. The Balaban J connectivity index is 2.07. The van der Waals surface area contributed by atoms with Gasteiger partial charge >= 0.3 is 0 Å². The molecule has 1 atom stereocenters. The highest BCUT2D eigenvalue weighted by atomic mass is 79.9. The van der Waals surface area contributed by atoms with Gasteiger partial charge in [0.1, 0.15) is 0 Å². The molecule has 0 saturated heterocycles. The second kappa shape index (κ2) is 6.23. The molecule has 0 N–H and O–H groups in total. The second-order valence-electron chi connectivity index (χ2n) is 5.09. The van der Waals surface area contributed by atoms with Crippen molar-refractivity contribution < 1.29 is 0 Å². The molecule has 0 aromatic heterocycles. The third-order valence-electron chi connectivity index (χ3n) is 3.62. The Morgan fingerprint density at radius 3 is 2.29 bits per heavy atom. The van der Waals surface area contributed by atoms with Crippen LogP contribution in [0.4, 0.5) is 0 Å². The van der Waals surface area contributed by atoms with Crippen LogP contribution in [0.5, 0.6) is 0 Å². The third-order valence-corrected chi connectivity index (χ3v) is 6.18. The molecule has 3 heteroatoms. The lowest BCUT2D eigenvalue weighted by molar-refractivity contribution is 1.16. The molecule has 0 heterocycles. The number of fused-ring (bicyclic) bond motifs is 1. The van der Waals surface area contributed by atoms with Gasteiger partial charge < -0.3 is 0 Å². The SMILES string of the molecule is Cc1cc(Br)c(C(Br)c2ccc3ccccc3c2)cc1Br. The normalized spacial score (nSPS) is 12.6. The zero-order valence-corrected chi connectivity index (χ0v) is 16.2. The Labute approximate surface area is 150 Å². The number of halogens is 3. The fourth-order valence-electron chi connectivity index (χ4n) is 2.40. The van der Waals surface area contributed by atoms with Crippen LogP contribution in [-0.2, 0) is 0 Å². The van der Waals surface area contributed by atoms with E-state index in [1.807, 2.05) is 0 Å². The number of aryl methyl sites for hydroxylation is 1. The van der Waals surface area contributed by atoms with Crippen LogP contribution >= 0.6 is 47.8 Å². The minimum absolute atomic E-state index is 0.161. The minimum atomic E-state index is 0.161. The molecular formula is C18H13Br3. The van der Waals surface area contributed by atoms with Gasteiger partial charge in [0.25, 0.3) is 0 Å². The maximum Gasteiger partial charge on any atom is 0.0656 e. The van der Waals surface area contributed by atoms with Gasteiger partial charge in [0.05, 0.1) is 4.83 Å². The van der Waals surface area contributed by atoms with Crippen LogP contribution in [0.15, 0.2) is 63.5 Å². The van der Waals surface area contributed by atoms with Gasteiger partial charge in [-0.05, 0) is 52.6 Å². The molecule has 0 radical (unpaired) electrons. The van der Waals surface area contributed by atoms with Gasteiger partial charge in [-0.3, -0.25) is 0 Å². The molecule has 0 nitrogen and oxygen atoms in total. The summed E-state index contributed by atoms with van der Waals surface area (Å²) in [6.07, 6.45) is 0. The largest absolute Gasteiger partial charge is 0.0786 e. The molecule has 3 rings (SSSR count). The number of benzene rings is 3. The Kier molecular flexibility index (Phi) is 4.53. The highest BCUT2D eigenvalue weighted by Gasteiger charge is 2.15. The van der Waals surface area contributed by atoms with Crippen molar-refractivity contribution in [3.8, 4) is 0 Å². The minimum Gasteiger partial charge on any atom is -0.0786 e. The molecule has 106 valence electrons. The average molecular weight is 469 g/mol. The molecule has 1 unspecified atom stereocenters. The van der Waals surface area contributed by atoms with Gasteiger partial charge in [-0.15, -0.1) is 0 Å². The fourth-order valence-corrected chi connectivity index (χ4v) is 4.42. The summed E-state index contributed by atoms with van der Waals surface area (Å²) in [4.78, 5) is 0.161. The van der Waals surface area contributed by atoms with E-state index in [0.717, 1.165) is 8.95 Å². The van der Waals surface area contributed by atoms with Crippen molar-refractivity contribution in [3.05, 3.63) is 80.2 Å². The van der Waals surface area contributed by atoms with Crippen LogP contribution in [0, 0.1) is 6.92 Å². The molecule has 0 amide bonds. The van der Waals surface area contributed by atoms with E-state index < -0.39 is 0 Å². The van der Waals surface area contributed by atoms with Gasteiger partial charge in [-0.1, -0.05) is 84.2 Å². The Morgan fingerprint density at radius 1 is 0.810 bits per heavy atom. The standard InChI is InChI=1S/C18H13Br3/c1-11-8-17(20)15(10-16(11)19)18(21)14-7-6-12-4-2-3-5-13(12)9-14/h2-10,18H,1H3. The summed E-state index contributed by atoms with van der Waals surface area (Å²) in [6, 6.07) is 19.4. The first-order valence-electron chi connectivity index (χ1n) is 6.64. The van der Waals surface area contributed by atoms with Crippen LogP contribution < -0.4 is 0 Å². The van der Waals surface area contributed by atoms with E-state index in [1.165, 1.54) is 27.5 Å². The number of hydrogen-bond donors (Lipinski definition) is 0. The van der Waals surface area contributed by atoms with Gasteiger partial charge in [-0.25, -0.2) is 0 Å². The number of rotatable bonds is 2. The fraction of sp³-hybridized carbons (Fsp3) is 0.111. The van der Waals surface area contributed by atoms with Crippen molar-refractivity contribution >= 4 is 58.6 Å².